The highest BCUT2D eigenvalue weighted by Crippen LogP contribution is 2.28. The minimum atomic E-state index is -0.819. The van der Waals surface area contributed by atoms with Gasteiger partial charge in [-0.05, 0) is 48.2 Å². The van der Waals surface area contributed by atoms with Gasteiger partial charge in [-0.2, -0.15) is 0 Å². The van der Waals surface area contributed by atoms with E-state index in [0.29, 0.717) is 6.61 Å². The number of rotatable bonds is 5. The molecule has 0 aromatic heterocycles. The summed E-state index contributed by atoms with van der Waals surface area (Å²) in [6, 6.07) is 11.5. The van der Waals surface area contributed by atoms with Crippen LogP contribution in [0.15, 0.2) is 40.9 Å². The number of ether oxygens (including phenoxy) is 1. The van der Waals surface area contributed by atoms with Crippen molar-refractivity contribution in [3.63, 3.8) is 0 Å². The number of hydrogen-bond donors (Lipinski definition) is 1. The molecule has 4 heteroatoms. The number of aliphatic carboxylic acids is 1. The van der Waals surface area contributed by atoms with Gasteiger partial charge >= 0.3 is 5.97 Å². The Labute approximate surface area is 132 Å². The fraction of sp³-hybridized carbons (Fsp3) is 0.235. The minimum Gasteiger partial charge on any atom is -0.488 e. The molecule has 21 heavy (non-hydrogen) atoms. The first-order valence-electron chi connectivity index (χ1n) is 6.65. The number of carbonyl (C=O) groups is 1. The van der Waals surface area contributed by atoms with Crippen LogP contribution in [0.5, 0.6) is 5.75 Å². The summed E-state index contributed by atoms with van der Waals surface area (Å²) in [6.07, 6.45) is 0.0477. The first kappa shape index (κ1) is 15.6. The van der Waals surface area contributed by atoms with E-state index >= 15 is 0 Å². The van der Waals surface area contributed by atoms with Crippen molar-refractivity contribution in [3.8, 4) is 5.75 Å². The monoisotopic (exact) mass is 348 g/mol. The average molecular weight is 349 g/mol. The first-order valence-corrected chi connectivity index (χ1v) is 7.44. The lowest BCUT2D eigenvalue weighted by Gasteiger charge is -2.13. The maximum absolute atomic E-state index is 10.6. The number of aryl methyl sites for hydroxylation is 2. The van der Waals surface area contributed by atoms with E-state index in [9.17, 15) is 4.79 Å². The molecular weight excluding hydrogens is 332 g/mol. The van der Waals surface area contributed by atoms with Crippen LogP contribution in [0, 0.1) is 13.8 Å². The number of carboxylic acid groups (broad SMARTS) is 1. The summed E-state index contributed by atoms with van der Waals surface area (Å²) in [6.45, 7) is 4.50. The highest BCUT2D eigenvalue weighted by Gasteiger charge is 2.06. The van der Waals surface area contributed by atoms with E-state index in [1.54, 1.807) is 0 Å². The molecule has 110 valence electrons. The van der Waals surface area contributed by atoms with E-state index in [1.165, 1.54) is 0 Å². The highest BCUT2D eigenvalue weighted by atomic mass is 79.9. The Kier molecular flexibility index (Phi) is 5.02. The van der Waals surface area contributed by atoms with Gasteiger partial charge in [-0.1, -0.05) is 40.2 Å². The zero-order valence-electron chi connectivity index (χ0n) is 12.0. The van der Waals surface area contributed by atoms with Gasteiger partial charge in [0.2, 0.25) is 0 Å². The Balaban J connectivity index is 2.05. The van der Waals surface area contributed by atoms with E-state index in [4.69, 9.17) is 9.84 Å². The molecule has 1 N–H and O–H groups in total. The highest BCUT2D eigenvalue weighted by molar-refractivity contribution is 9.10. The molecule has 0 aliphatic rings. The van der Waals surface area contributed by atoms with E-state index in [0.717, 1.165) is 32.5 Å². The zero-order valence-corrected chi connectivity index (χ0v) is 13.6. The predicted molar refractivity (Wildman–Crippen MR) is 85.7 cm³/mol. The fourth-order valence-corrected chi connectivity index (χ4v) is 2.90. The van der Waals surface area contributed by atoms with Crippen LogP contribution >= 0.6 is 15.9 Å². The molecule has 0 aliphatic heterocycles. The molecule has 0 spiro atoms. The molecule has 0 bridgehead atoms. The van der Waals surface area contributed by atoms with E-state index in [2.05, 4.69) is 15.9 Å². The molecule has 2 rings (SSSR count). The first-order chi connectivity index (χ1) is 9.95. The van der Waals surface area contributed by atoms with Crippen molar-refractivity contribution >= 4 is 21.9 Å². The summed E-state index contributed by atoms with van der Waals surface area (Å²) in [7, 11) is 0. The van der Waals surface area contributed by atoms with Crippen LogP contribution in [0.25, 0.3) is 0 Å². The summed E-state index contributed by atoms with van der Waals surface area (Å²) in [5.74, 6) is 0.0768. The van der Waals surface area contributed by atoms with Crippen LogP contribution in [0.4, 0.5) is 0 Å². The largest absolute Gasteiger partial charge is 0.488 e. The van der Waals surface area contributed by atoms with Gasteiger partial charge in [-0.15, -0.1) is 0 Å². The summed E-state index contributed by atoms with van der Waals surface area (Å²) < 4.78 is 6.94. The van der Waals surface area contributed by atoms with Gasteiger partial charge in [0.25, 0.3) is 0 Å². The summed E-state index contributed by atoms with van der Waals surface area (Å²) >= 11 is 3.47. The SMILES string of the molecule is Cc1cc(Br)cc(C)c1OCc1ccc(CC(=O)O)cc1. The molecule has 0 radical (unpaired) electrons. The molecule has 0 aliphatic carbocycles. The second-order valence-corrected chi connectivity index (χ2v) is 5.96. The number of benzene rings is 2. The average Bonchev–Trinajstić information content (AvgIpc) is 2.38. The molecular formula is C17H17BrO3. The molecule has 3 nitrogen and oxygen atoms in total. The number of halogens is 1. The lowest BCUT2D eigenvalue weighted by Crippen LogP contribution is -2.01. The van der Waals surface area contributed by atoms with E-state index in [1.807, 2.05) is 50.2 Å². The Bertz CT molecular complexity index is 625. The van der Waals surface area contributed by atoms with Crippen LogP contribution in [-0.4, -0.2) is 11.1 Å². The normalized spacial score (nSPS) is 10.4. The van der Waals surface area contributed by atoms with Gasteiger partial charge in [0.05, 0.1) is 6.42 Å². The van der Waals surface area contributed by atoms with Crippen LogP contribution in [0.2, 0.25) is 0 Å². The third-order valence-corrected chi connectivity index (χ3v) is 3.64. The summed E-state index contributed by atoms with van der Waals surface area (Å²) in [4.78, 5) is 10.6. The van der Waals surface area contributed by atoms with Crippen molar-refractivity contribution in [1.29, 1.82) is 0 Å². The Hall–Kier alpha value is -1.81. The van der Waals surface area contributed by atoms with Crippen molar-refractivity contribution in [3.05, 3.63) is 63.1 Å². The molecule has 2 aromatic rings. The smallest absolute Gasteiger partial charge is 0.307 e. The van der Waals surface area contributed by atoms with E-state index in [-0.39, 0.29) is 6.42 Å². The lowest BCUT2D eigenvalue weighted by molar-refractivity contribution is -0.136. The maximum Gasteiger partial charge on any atom is 0.307 e. The zero-order chi connectivity index (χ0) is 15.4. The quantitative estimate of drug-likeness (QED) is 0.877. The van der Waals surface area contributed by atoms with Crippen LogP contribution in [0.3, 0.4) is 0 Å². The number of hydrogen-bond acceptors (Lipinski definition) is 2. The second kappa shape index (κ2) is 6.76. The molecule has 0 saturated carbocycles. The molecule has 0 heterocycles. The molecule has 0 amide bonds. The van der Waals surface area contributed by atoms with Crippen LogP contribution in [0.1, 0.15) is 22.3 Å². The van der Waals surface area contributed by atoms with Crippen molar-refractivity contribution in [2.24, 2.45) is 0 Å². The molecule has 0 fully saturated rings. The topological polar surface area (TPSA) is 46.5 Å². The Morgan fingerprint density at radius 2 is 1.62 bits per heavy atom. The lowest BCUT2D eigenvalue weighted by atomic mass is 10.1. The number of carboxylic acids is 1. The van der Waals surface area contributed by atoms with Crippen molar-refractivity contribution < 1.29 is 14.6 Å². The third kappa shape index (κ3) is 4.33. The fourth-order valence-electron chi connectivity index (χ4n) is 2.21. The van der Waals surface area contributed by atoms with Gasteiger partial charge in [-0.25, -0.2) is 0 Å². The van der Waals surface area contributed by atoms with E-state index < -0.39 is 5.97 Å². The van der Waals surface area contributed by atoms with Gasteiger partial charge < -0.3 is 9.84 Å². The summed E-state index contributed by atoms with van der Waals surface area (Å²) in [5, 5.41) is 8.74. The predicted octanol–water partition coefficient (Wildman–Crippen LogP) is 4.27. The van der Waals surface area contributed by atoms with Gasteiger partial charge in [0, 0.05) is 4.47 Å². The minimum absolute atomic E-state index is 0.0477. The van der Waals surface area contributed by atoms with Crippen molar-refractivity contribution in [2.75, 3.05) is 0 Å². The molecule has 0 saturated heterocycles. The maximum atomic E-state index is 10.6. The summed E-state index contributed by atoms with van der Waals surface area (Å²) in [5.41, 5.74) is 3.99. The van der Waals surface area contributed by atoms with Gasteiger partial charge in [-0.3, -0.25) is 4.79 Å². The van der Waals surface area contributed by atoms with Gasteiger partial charge in [0.15, 0.2) is 0 Å². The van der Waals surface area contributed by atoms with Gasteiger partial charge in [0.1, 0.15) is 12.4 Å². The van der Waals surface area contributed by atoms with Crippen molar-refractivity contribution in [2.45, 2.75) is 26.9 Å². The Morgan fingerprint density at radius 3 is 2.14 bits per heavy atom. The standard InChI is InChI=1S/C17H17BrO3/c1-11-7-15(18)8-12(2)17(11)21-10-14-5-3-13(4-6-14)9-16(19)20/h3-8H,9-10H2,1-2H3,(H,19,20). The Morgan fingerprint density at radius 1 is 1.10 bits per heavy atom. The molecule has 2 aromatic carbocycles. The van der Waals surface area contributed by atoms with Crippen molar-refractivity contribution in [1.82, 2.24) is 0 Å². The molecule has 0 unspecified atom stereocenters. The third-order valence-electron chi connectivity index (χ3n) is 3.19. The van der Waals surface area contributed by atoms with Crippen LogP contribution < -0.4 is 4.74 Å². The molecule has 0 atom stereocenters. The second-order valence-electron chi connectivity index (χ2n) is 5.04. The van der Waals surface area contributed by atoms with Crippen LogP contribution in [-0.2, 0) is 17.8 Å².